The first-order valence-electron chi connectivity index (χ1n) is 7.32. The molecule has 1 aliphatic rings. The first kappa shape index (κ1) is 15.3. The van der Waals surface area contributed by atoms with Gasteiger partial charge in [-0.15, -0.1) is 0 Å². The number of aryl methyl sites for hydroxylation is 1. The third-order valence-electron chi connectivity index (χ3n) is 4.20. The third kappa shape index (κ3) is 3.34. The molecule has 0 unspecified atom stereocenters. The third-order valence-corrected chi connectivity index (χ3v) is 4.20. The highest BCUT2D eigenvalue weighted by Crippen LogP contribution is 2.35. The zero-order valence-electron chi connectivity index (χ0n) is 12.4. The van der Waals surface area contributed by atoms with Crippen molar-refractivity contribution in [3.63, 3.8) is 0 Å². The van der Waals surface area contributed by atoms with Gasteiger partial charge in [0.25, 0.3) is 0 Å². The maximum Gasteiger partial charge on any atom is 0.234 e. The minimum absolute atomic E-state index is 0.0214. The fourth-order valence-corrected chi connectivity index (χ4v) is 2.94. The normalized spacial score (nSPS) is 19.0. The van der Waals surface area contributed by atoms with Crippen molar-refractivity contribution < 1.29 is 10.0 Å². The zero-order valence-corrected chi connectivity index (χ0v) is 12.4. The van der Waals surface area contributed by atoms with Crippen molar-refractivity contribution in [2.24, 2.45) is 23.4 Å². The summed E-state index contributed by atoms with van der Waals surface area (Å²) >= 11 is 0. The van der Waals surface area contributed by atoms with E-state index in [1.54, 1.807) is 10.9 Å². The molecule has 0 atom stereocenters. The van der Waals surface area contributed by atoms with Crippen molar-refractivity contribution >= 4 is 11.7 Å². The number of amidine groups is 1. The van der Waals surface area contributed by atoms with Gasteiger partial charge in [0.05, 0.1) is 6.20 Å². The van der Waals surface area contributed by atoms with E-state index in [-0.39, 0.29) is 11.7 Å². The van der Waals surface area contributed by atoms with Crippen molar-refractivity contribution in [3.05, 3.63) is 18.0 Å². The molecule has 2 rings (SSSR count). The van der Waals surface area contributed by atoms with Crippen LogP contribution in [-0.2, 0) is 18.4 Å². The van der Waals surface area contributed by atoms with E-state index in [9.17, 15) is 4.79 Å². The lowest BCUT2D eigenvalue weighted by Gasteiger charge is -2.29. The molecular weight excluding hydrogens is 270 g/mol. The van der Waals surface area contributed by atoms with Crippen LogP contribution in [0.25, 0.3) is 0 Å². The molecule has 0 radical (unpaired) electrons. The smallest absolute Gasteiger partial charge is 0.234 e. The Morgan fingerprint density at radius 1 is 1.48 bits per heavy atom. The SMILES string of the molecule is Cn1cc(CNC(=O)C2(C(N)=NO)CCCCCC2)cn1. The number of carbonyl (C=O) groups is 1. The molecule has 21 heavy (non-hydrogen) atoms. The predicted octanol–water partition coefficient (Wildman–Crippen LogP) is 1.12. The van der Waals surface area contributed by atoms with Crippen molar-refractivity contribution in [2.45, 2.75) is 45.1 Å². The van der Waals surface area contributed by atoms with E-state index < -0.39 is 5.41 Å². The predicted molar refractivity (Wildman–Crippen MR) is 78.6 cm³/mol. The summed E-state index contributed by atoms with van der Waals surface area (Å²) in [5.41, 5.74) is 5.89. The standard InChI is InChI=1S/C14H23N5O2/c1-19-10-11(9-17-19)8-16-13(20)14(12(15)18-21)6-4-2-3-5-7-14/h9-10,21H,2-8H2,1H3,(H2,15,18)(H,16,20). The number of amides is 1. The Balaban J connectivity index is 2.10. The molecule has 4 N–H and O–H groups in total. The number of carbonyl (C=O) groups excluding carboxylic acids is 1. The summed E-state index contributed by atoms with van der Waals surface area (Å²) in [4.78, 5) is 12.6. The topological polar surface area (TPSA) is 106 Å². The van der Waals surface area contributed by atoms with Gasteiger partial charge in [0.1, 0.15) is 5.41 Å². The highest BCUT2D eigenvalue weighted by molar-refractivity contribution is 6.06. The van der Waals surface area contributed by atoms with E-state index in [0.717, 1.165) is 31.2 Å². The molecule has 1 aliphatic carbocycles. The molecule has 116 valence electrons. The van der Waals surface area contributed by atoms with E-state index in [4.69, 9.17) is 10.9 Å². The molecule has 7 nitrogen and oxygen atoms in total. The van der Waals surface area contributed by atoms with E-state index in [1.807, 2.05) is 13.2 Å². The largest absolute Gasteiger partial charge is 0.409 e. The summed E-state index contributed by atoms with van der Waals surface area (Å²) in [5, 5.41) is 19.1. The van der Waals surface area contributed by atoms with E-state index in [1.165, 1.54) is 0 Å². The van der Waals surface area contributed by atoms with Crippen LogP contribution >= 0.6 is 0 Å². The van der Waals surface area contributed by atoms with Gasteiger partial charge in [0.2, 0.25) is 5.91 Å². The number of nitrogens with zero attached hydrogens (tertiary/aromatic N) is 3. The van der Waals surface area contributed by atoms with Crippen LogP contribution in [0.1, 0.15) is 44.1 Å². The minimum Gasteiger partial charge on any atom is -0.409 e. The van der Waals surface area contributed by atoms with Gasteiger partial charge in [-0.05, 0) is 12.8 Å². The van der Waals surface area contributed by atoms with Crippen LogP contribution in [0.15, 0.2) is 17.5 Å². The van der Waals surface area contributed by atoms with Crippen LogP contribution in [-0.4, -0.2) is 26.7 Å². The summed E-state index contributed by atoms with van der Waals surface area (Å²) in [6, 6.07) is 0. The number of rotatable bonds is 4. The molecule has 0 aromatic carbocycles. The average Bonchev–Trinajstić information content (AvgIpc) is 2.76. The Labute approximate surface area is 124 Å². The average molecular weight is 293 g/mol. The Kier molecular flexibility index (Phi) is 4.82. The van der Waals surface area contributed by atoms with Crippen molar-refractivity contribution in [1.82, 2.24) is 15.1 Å². The van der Waals surface area contributed by atoms with Crippen molar-refractivity contribution in [3.8, 4) is 0 Å². The summed E-state index contributed by atoms with van der Waals surface area (Å²) in [7, 11) is 1.83. The van der Waals surface area contributed by atoms with Crippen molar-refractivity contribution in [2.75, 3.05) is 0 Å². The monoisotopic (exact) mass is 293 g/mol. The molecule has 1 amide bonds. The number of nitrogens with one attached hydrogen (secondary N) is 1. The zero-order chi connectivity index (χ0) is 15.3. The Hall–Kier alpha value is -2.05. The maximum atomic E-state index is 12.6. The summed E-state index contributed by atoms with van der Waals surface area (Å²) in [6.07, 6.45) is 8.80. The summed E-state index contributed by atoms with van der Waals surface area (Å²) < 4.78 is 1.69. The molecule has 7 heteroatoms. The molecule has 1 fully saturated rings. The van der Waals surface area contributed by atoms with Crippen LogP contribution in [0.2, 0.25) is 0 Å². The van der Waals surface area contributed by atoms with Crippen LogP contribution < -0.4 is 11.1 Å². The molecule has 1 aromatic rings. The number of hydrogen-bond donors (Lipinski definition) is 3. The lowest BCUT2D eigenvalue weighted by atomic mass is 9.78. The number of oxime groups is 1. The molecule has 1 aromatic heterocycles. The lowest BCUT2D eigenvalue weighted by molar-refractivity contribution is -0.128. The molecule has 0 aliphatic heterocycles. The second kappa shape index (κ2) is 6.60. The highest BCUT2D eigenvalue weighted by atomic mass is 16.4. The Bertz CT molecular complexity index is 515. The van der Waals surface area contributed by atoms with E-state index in [2.05, 4.69) is 15.6 Å². The van der Waals surface area contributed by atoms with E-state index >= 15 is 0 Å². The minimum atomic E-state index is -0.881. The van der Waals surface area contributed by atoms with Crippen molar-refractivity contribution in [1.29, 1.82) is 0 Å². The van der Waals surface area contributed by atoms with Gasteiger partial charge in [-0.2, -0.15) is 5.10 Å². The van der Waals surface area contributed by atoms with Gasteiger partial charge in [0, 0.05) is 25.4 Å². The van der Waals surface area contributed by atoms with Gasteiger partial charge >= 0.3 is 0 Å². The van der Waals surface area contributed by atoms with Gasteiger partial charge in [-0.25, -0.2) is 0 Å². The Morgan fingerprint density at radius 2 is 2.14 bits per heavy atom. The number of nitrogens with two attached hydrogens (primary N) is 1. The fraction of sp³-hybridized carbons (Fsp3) is 0.643. The number of hydrogen-bond acceptors (Lipinski definition) is 4. The maximum absolute atomic E-state index is 12.6. The first-order valence-corrected chi connectivity index (χ1v) is 7.32. The summed E-state index contributed by atoms with van der Waals surface area (Å²) in [5.74, 6) is -0.142. The lowest BCUT2D eigenvalue weighted by Crippen LogP contribution is -2.49. The second-order valence-corrected chi connectivity index (χ2v) is 5.69. The number of aromatic nitrogens is 2. The molecule has 1 saturated carbocycles. The van der Waals surface area contributed by atoms with Crippen LogP contribution in [0.3, 0.4) is 0 Å². The molecule has 0 bridgehead atoms. The second-order valence-electron chi connectivity index (χ2n) is 5.69. The van der Waals surface area contributed by atoms with Crippen LogP contribution in [0, 0.1) is 5.41 Å². The van der Waals surface area contributed by atoms with Gasteiger partial charge < -0.3 is 16.3 Å². The molecule has 0 saturated heterocycles. The molecule has 0 spiro atoms. The van der Waals surface area contributed by atoms with Crippen LogP contribution in [0.4, 0.5) is 0 Å². The van der Waals surface area contributed by atoms with Gasteiger partial charge in [-0.1, -0.05) is 30.8 Å². The van der Waals surface area contributed by atoms with E-state index in [0.29, 0.717) is 19.4 Å². The fourth-order valence-electron chi connectivity index (χ4n) is 2.94. The summed E-state index contributed by atoms with van der Waals surface area (Å²) in [6.45, 7) is 0.396. The van der Waals surface area contributed by atoms with Gasteiger partial charge in [-0.3, -0.25) is 9.48 Å². The van der Waals surface area contributed by atoms with Gasteiger partial charge in [0.15, 0.2) is 5.84 Å². The first-order chi connectivity index (χ1) is 10.1. The quantitative estimate of drug-likeness (QED) is 0.254. The Morgan fingerprint density at radius 3 is 2.67 bits per heavy atom. The molecule has 1 heterocycles. The van der Waals surface area contributed by atoms with Crippen LogP contribution in [0.5, 0.6) is 0 Å². The highest BCUT2D eigenvalue weighted by Gasteiger charge is 2.42. The molecular formula is C14H23N5O2.